The minimum absolute atomic E-state index is 0.319. The van der Waals surface area contributed by atoms with Gasteiger partial charge in [-0.15, -0.1) is 0 Å². The highest BCUT2D eigenvalue weighted by atomic mass is 28.3. The second-order valence-corrected chi connectivity index (χ2v) is 13.9. The standard InChI is InChI=1S/C9H17.C7H16O2Si.2C2H5.Al/c1-4-6-8-9(3)7-5-2;1-8-10(9-2)7-5-3-4-6-7;2*1-2;/h2-8H2,1H3;7,10H,3-6H2,1-2H3;2*1H2,2H3;. The van der Waals surface area contributed by atoms with Gasteiger partial charge in [0.05, 0.1) is 0 Å². The molecule has 24 heavy (non-hydrogen) atoms. The van der Waals surface area contributed by atoms with Crippen molar-refractivity contribution in [2.24, 2.45) is 0 Å². The van der Waals surface area contributed by atoms with Crippen LogP contribution in [0, 0.1) is 0 Å². The van der Waals surface area contributed by atoms with Crippen molar-refractivity contribution in [3.8, 4) is 0 Å². The van der Waals surface area contributed by atoms with Crippen LogP contribution in [-0.2, 0) is 8.85 Å². The summed E-state index contributed by atoms with van der Waals surface area (Å²) in [6.45, 7) is 11.1. The molecule has 0 unspecified atom stereocenters. The molecule has 0 radical (unpaired) electrons. The van der Waals surface area contributed by atoms with Crippen molar-refractivity contribution < 1.29 is 8.85 Å². The zero-order valence-electron chi connectivity index (χ0n) is 17.2. The van der Waals surface area contributed by atoms with Gasteiger partial charge in [-0.2, -0.15) is 0 Å². The van der Waals surface area contributed by atoms with Gasteiger partial charge in [-0.3, -0.25) is 0 Å². The van der Waals surface area contributed by atoms with E-state index in [1.54, 1.807) is 14.2 Å². The molecule has 0 spiro atoms. The molecule has 0 aliphatic heterocycles. The predicted molar refractivity (Wildman–Crippen MR) is 113 cm³/mol. The summed E-state index contributed by atoms with van der Waals surface area (Å²) in [6, 6.07) is 0. The van der Waals surface area contributed by atoms with Crippen molar-refractivity contribution >= 4 is 23.4 Å². The fourth-order valence-electron chi connectivity index (χ4n) is 3.60. The Morgan fingerprint density at radius 1 is 1.00 bits per heavy atom. The van der Waals surface area contributed by atoms with E-state index in [1.165, 1.54) is 79.2 Å². The molecule has 1 aliphatic carbocycles. The van der Waals surface area contributed by atoms with Gasteiger partial charge in [0.15, 0.2) is 0 Å². The number of allylic oxidation sites excluding steroid dienone is 1. The molecule has 0 heterocycles. The average molecular weight is 371 g/mol. The van der Waals surface area contributed by atoms with Gasteiger partial charge in [0.25, 0.3) is 14.1 Å². The zero-order chi connectivity index (χ0) is 18.2. The van der Waals surface area contributed by atoms with Crippen LogP contribution >= 0.6 is 0 Å². The van der Waals surface area contributed by atoms with E-state index >= 15 is 0 Å². The number of unbranched alkanes of at least 4 members (excludes halogenated alkanes) is 1. The fourth-order valence-corrected chi connectivity index (χ4v) is 7.75. The quantitative estimate of drug-likeness (QED) is 0.289. The van der Waals surface area contributed by atoms with Crippen LogP contribution in [-0.4, -0.2) is 37.7 Å². The largest absolute Gasteiger partial charge is 0.400 e. The van der Waals surface area contributed by atoms with Crippen molar-refractivity contribution in [1.82, 2.24) is 0 Å². The lowest BCUT2D eigenvalue weighted by atomic mass is 10.1. The molecule has 0 aromatic rings. The molecule has 4 heteroatoms. The van der Waals surface area contributed by atoms with E-state index in [-0.39, 0.29) is 14.1 Å². The van der Waals surface area contributed by atoms with E-state index in [9.17, 15) is 0 Å². The summed E-state index contributed by atoms with van der Waals surface area (Å²) in [5.74, 6) is 0. The maximum absolute atomic E-state index is 5.30. The Labute approximate surface area is 158 Å². The maximum atomic E-state index is 5.30. The van der Waals surface area contributed by atoms with E-state index in [1.807, 2.05) is 0 Å². The average Bonchev–Trinajstić information content (AvgIpc) is 3.13. The summed E-state index contributed by atoms with van der Waals surface area (Å²) >= 11 is -0.319. The first-order valence-electron chi connectivity index (χ1n) is 10.3. The number of hydrogen-bond acceptors (Lipinski definition) is 2. The monoisotopic (exact) mass is 370 g/mol. The fraction of sp³-hybridized carbons (Fsp3) is 0.900. The second-order valence-electron chi connectivity index (χ2n) is 7.31. The molecule has 142 valence electrons. The molecule has 0 aromatic carbocycles. The van der Waals surface area contributed by atoms with E-state index in [0.29, 0.717) is 0 Å². The molecule has 0 bridgehead atoms. The molecular weight excluding hydrogens is 327 g/mol. The number of hydrogen-bond donors (Lipinski definition) is 0. The van der Waals surface area contributed by atoms with E-state index in [0.717, 1.165) is 5.54 Å². The van der Waals surface area contributed by atoms with Crippen molar-refractivity contribution in [1.29, 1.82) is 0 Å². The molecule has 1 saturated carbocycles. The van der Waals surface area contributed by atoms with Gasteiger partial charge in [0.2, 0.25) is 0 Å². The minimum atomic E-state index is -1.24. The Kier molecular flexibility index (Phi) is 17.1. The summed E-state index contributed by atoms with van der Waals surface area (Å²) in [4.78, 5) is 0. The molecule has 2 nitrogen and oxygen atoms in total. The third kappa shape index (κ3) is 11.9. The maximum Gasteiger partial charge on any atom is 0.324 e. The van der Waals surface area contributed by atoms with Crippen molar-refractivity contribution in [2.75, 3.05) is 14.2 Å². The highest BCUT2D eigenvalue weighted by Gasteiger charge is 2.27. The SMILES string of the molecule is C=C(CCCC)CC[CH2][Al]([CH2]C)[CH2]C.CO[SiH](OC)C1CCCC1. The third-order valence-corrected chi connectivity index (χ3v) is 11.3. The van der Waals surface area contributed by atoms with Gasteiger partial charge < -0.3 is 8.85 Å². The summed E-state index contributed by atoms with van der Waals surface area (Å²) in [5, 5.41) is 4.51. The molecule has 0 atom stereocenters. The van der Waals surface area contributed by atoms with Crippen molar-refractivity contribution in [3.63, 3.8) is 0 Å². The Morgan fingerprint density at radius 2 is 1.54 bits per heavy atom. The smallest absolute Gasteiger partial charge is 0.324 e. The van der Waals surface area contributed by atoms with Crippen LogP contribution < -0.4 is 0 Å². The summed E-state index contributed by atoms with van der Waals surface area (Å²) in [7, 11) is 2.31. The lowest BCUT2D eigenvalue weighted by Crippen LogP contribution is -2.24. The van der Waals surface area contributed by atoms with Gasteiger partial charge in [0, 0.05) is 14.2 Å². The highest BCUT2D eigenvalue weighted by Crippen LogP contribution is 2.32. The van der Waals surface area contributed by atoms with E-state index < -0.39 is 9.28 Å². The third-order valence-electron chi connectivity index (χ3n) is 5.43. The van der Waals surface area contributed by atoms with Crippen LogP contribution in [0.4, 0.5) is 0 Å². The Bertz CT molecular complexity index is 285. The van der Waals surface area contributed by atoms with Crippen LogP contribution in [0.3, 0.4) is 0 Å². The van der Waals surface area contributed by atoms with Crippen molar-refractivity contribution in [3.05, 3.63) is 12.2 Å². The van der Waals surface area contributed by atoms with Crippen molar-refractivity contribution in [2.45, 2.75) is 99.9 Å². The summed E-state index contributed by atoms with van der Waals surface area (Å²) < 4.78 is 10.6. The normalized spacial score (nSPS) is 14.6. The molecule has 0 amide bonds. The minimum Gasteiger partial charge on any atom is -0.400 e. The van der Waals surface area contributed by atoms with Crippen LogP contribution in [0.2, 0.25) is 21.4 Å². The molecule has 0 aromatic heterocycles. The Hall–Kier alpha value is 0.409. The van der Waals surface area contributed by atoms with Crippen LogP contribution in [0.15, 0.2) is 12.2 Å². The number of rotatable bonds is 12. The lowest BCUT2D eigenvalue weighted by molar-refractivity contribution is 0.265. The first-order valence-corrected chi connectivity index (χ1v) is 14.4. The van der Waals surface area contributed by atoms with Gasteiger partial charge in [-0.1, -0.05) is 74.5 Å². The van der Waals surface area contributed by atoms with Crippen LogP contribution in [0.25, 0.3) is 0 Å². The van der Waals surface area contributed by atoms with Gasteiger partial charge in [-0.25, -0.2) is 0 Å². The Balaban J connectivity index is 0.000000463. The predicted octanol–water partition coefficient (Wildman–Crippen LogP) is 6.49. The first kappa shape index (κ1) is 24.4. The molecular formula is C20H43AlO2Si. The van der Waals surface area contributed by atoms with Gasteiger partial charge >= 0.3 is 9.28 Å². The van der Waals surface area contributed by atoms with Crippen LogP contribution in [0.1, 0.15) is 78.6 Å². The molecule has 1 rings (SSSR count). The molecule has 1 fully saturated rings. The van der Waals surface area contributed by atoms with E-state index in [2.05, 4.69) is 27.4 Å². The van der Waals surface area contributed by atoms with Crippen LogP contribution in [0.5, 0.6) is 0 Å². The molecule has 0 saturated heterocycles. The molecule has 1 aliphatic rings. The summed E-state index contributed by atoms with van der Waals surface area (Å²) in [6.07, 6.45) is 12.0. The van der Waals surface area contributed by atoms with E-state index in [4.69, 9.17) is 8.85 Å². The molecule has 0 N–H and O–H groups in total. The van der Waals surface area contributed by atoms with Gasteiger partial charge in [-0.05, 0) is 37.6 Å². The summed E-state index contributed by atoms with van der Waals surface area (Å²) in [5.41, 5.74) is 2.28. The van der Waals surface area contributed by atoms with Gasteiger partial charge in [0.1, 0.15) is 0 Å². The second kappa shape index (κ2) is 16.9. The zero-order valence-corrected chi connectivity index (χ0v) is 19.6. The Morgan fingerprint density at radius 3 is 2.00 bits per heavy atom. The lowest BCUT2D eigenvalue weighted by Gasteiger charge is -2.16. The topological polar surface area (TPSA) is 18.5 Å². The first-order chi connectivity index (χ1) is 11.6. The highest BCUT2D eigenvalue weighted by molar-refractivity contribution is 6.58.